The Kier molecular flexibility index (Phi) is 10.1. The average Bonchev–Trinajstić information content (AvgIpc) is 2.79. The fourth-order valence-corrected chi connectivity index (χ4v) is 4.59. The van der Waals surface area contributed by atoms with Gasteiger partial charge in [-0.1, -0.05) is 31.2 Å². The molecule has 0 spiro atoms. The van der Waals surface area contributed by atoms with Gasteiger partial charge in [-0.15, -0.1) is 24.8 Å². The van der Waals surface area contributed by atoms with Crippen molar-refractivity contribution in [1.82, 2.24) is 4.98 Å². The van der Waals surface area contributed by atoms with Crippen molar-refractivity contribution >= 4 is 47.7 Å². The van der Waals surface area contributed by atoms with Crippen LogP contribution in [0, 0.1) is 11.7 Å². The lowest BCUT2D eigenvalue weighted by Gasteiger charge is -2.37. The Labute approximate surface area is 223 Å². The molecule has 1 aliphatic heterocycles. The second-order valence-corrected chi connectivity index (χ2v) is 8.98. The van der Waals surface area contributed by atoms with E-state index in [1.807, 2.05) is 11.8 Å². The van der Waals surface area contributed by atoms with Crippen molar-refractivity contribution in [2.75, 3.05) is 23.3 Å². The highest BCUT2D eigenvalue weighted by Crippen LogP contribution is 2.45. The fourth-order valence-electron chi connectivity index (χ4n) is 4.59. The van der Waals surface area contributed by atoms with E-state index in [1.54, 1.807) is 0 Å². The minimum Gasteiger partial charge on any atom is -0.368 e. The average molecular weight is 565 g/mol. The summed E-state index contributed by atoms with van der Waals surface area (Å²) >= 11 is 0. The topological polar surface area (TPSA) is 71.2 Å². The van der Waals surface area contributed by atoms with Crippen LogP contribution in [0.15, 0.2) is 54.0 Å². The van der Waals surface area contributed by atoms with E-state index in [0.29, 0.717) is 18.8 Å². The summed E-state index contributed by atoms with van der Waals surface area (Å²) in [5, 5.41) is 2.52. The van der Waals surface area contributed by atoms with E-state index >= 15 is 4.39 Å². The van der Waals surface area contributed by atoms with Gasteiger partial charge in [0.05, 0.1) is 34.4 Å². The van der Waals surface area contributed by atoms with Gasteiger partial charge in [-0.25, -0.2) is 22.0 Å². The molecule has 1 aromatic heterocycles. The molecule has 0 saturated carbocycles. The van der Waals surface area contributed by atoms with Crippen LogP contribution in [0.4, 0.5) is 33.3 Å². The van der Waals surface area contributed by atoms with Crippen LogP contribution in [0.1, 0.15) is 31.0 Å². The van der Waals surface area contributed by atoms with Gasteiger partial charge < -0.3 is 16.0 Å². The van der Waals surface area contributed by atoms with Crippen LogP contribution in [0.5, 0.6) is 0 Å². The molecule has 12 heteroatoms. The number of carbonyl (C=O) groups excluding carboxylic acids is 1. The third-order valence-corrected chi connectivity index (χ3v) is 6.13. The molecule has 2 aliphatic rings. The van der Waals surface area contributed by atoms with E-state index in [0.717, 1.165) is 24.6 Å². The van der Waals surface area contributed by atoms with Crippen molar-refractivity contribution < 1.29 is 26.7 Å². The molecular weight excluding hydrogens is 538 g/mol. The molecule has 37 heavy (non-hydrogen) atoms. The Morgan fingerprint density at radius 3 is 2.57 bits per heavy atom. The Bertz CT molecular complexity index is 1200. The van der Waals surface area contributed by atoms with Gasteiger partial charge in [0.15, 0.2) is 0 Å². The summed E-state index contributed by atoms with van der Waals surface area (Å²) in [6.07, 6.45) is 1.85. The Hall–Kier alpha value is -2.69. The largest absolute Gasteiger partial charge is 0.368 e. The second-order valence-electron chi connectivity index (χ2n) is 8.98. The zero-order valence-electron chi connectivity index (χ0n) is 19.8. The third kappa shape index (κ3) is 6.42. The molecule has 5 nitrogen and oxygen atoms in total. The molecule has 0 radical (unpaired) electrons. The minimum atomic E-state index is -3.70. The van der Waals surface area contributed by atoms with Gasteiger partial charge in [0.1, 0.15) is 18.3 Å². The van der Waals surface area contributed by atoms with Crippen LogP contribution in [-0.4, -0.2) is 35.9 Å². The number of nitrogens with one attached hydrogen (secondary N) is 1. The van der Waals surface area contributed by atoms with Gasteiger partial charge in [0, 0.05) is 31.1 Å². The molecule has 1 fully saturated rings. The number of alkyl halides is 3. The quantitative estimate of drug-likeness (QED) is 0.437. The van der Waals surface area contributed by atoms with Crippen molar-refractivity contribution in [3.05, 3.63) is 71.1 Å². The standard InChI is InChI=1S/C25H25F5N4O.2ClH/c1-14-8-15(31)13-34(12-14)21-9-16(10-26)32-11-20(21)33-24(35)18-6-7-25(29,30)22(23(18)28)17-4-2-3-5-19(17)27;;/h2-6,9,11,14-15H,7-8,10,12-13,31H2,1H3,(H,33,35);2*1H/t14-,15+;;/m1../s1. The van der Waals surface area contributed by atoms with E-state index in [1.165, 1.54) is 24.4 Å². The molecule has 1 amide bonds. The number of benzene rings is 1. The van der Waals surface area contributed by atoms with Gasteiger partial charge in [-0.3, -0.25) is 9.78 Å². The van der Waals surface area contributed by atoms with Crippen LogP contribution >= 0.6 is 24.8 Å². The maximum Gasteiger partial charge on any atom is 0.280 e. The lowest BCUT2D eigenvalue weighted by Crippen LogP contribution is -2.46. The van der Waals surface area contributed by atoms with Crippen LogP contribution in [0.3, 0.4) is 0 Å². The first-order chi connectivity index (χ1) is 16.6. The summed E-state index contributed by atoms with van der Waals surface area (Å²) in [6.45, 7) is 2.22. The lowest BCUT2D eigenvalue weighted by atomic mass is 9.88. The number of piperidine rings is 1. The number of rotatable bonds is 5. The first-order valence-corrected chi connectivity index (χ1v) is 11.2. The molecule has 0 bridgehead atoms. The maximum absolute atomic E-state index is 15.3. The third-order valence-electron chi connectivity index (χ3n) is 6.13. The van der Waals surface area contributed by atoms with Crippen molar-refractivity contribution in [3.63, 3.8) is 0 Å². The molecule has 1 saturated heterocycles. The van der Waals surface area contributed by atoms with Gasteiger partial charge in [-0.2, -0.15) is 0 Å². The summed E-state index contributed by atoms with van der Waals surface area (Å²) < 4.78 is 72.1. The van der Waals surface area contributed by atoms with Crippen molar-refractivity contribution in [2.45, 2.75) is 38.4 Å². The molecule has 2 heterocycles. The molecule has 202 valence electrons. The second kappa shape index (κ2) is 12.2. The highest BCUT2D eigenvalue weighted by Gasteiger charge is 2.43. The predicted molar refractivity (Wildman–Crippen MR) is 138 cm³/mol. The number of nitrogens with zero attached hydrogens (tertiary/aromatic N) is 2. The SMILES string of the molecule is C[C@@H]1C[C@H](N)CN(c2cc(CF)ncc2NC(=O)C2=CCC(F)(F)C(c3ccccc3F)=C2F)C1.Cl.Cl. The molecule has 2 atom stereocenters. The number of nitrogens with two attached hydrogens (primary N) is 1. The minimum absolute atomic E-state index is 0. The summed E-state index contributed by atoms with van der Waals surface area (Å²) in [4.78, 5) is 18.9. The maximum atomic E-state index is 15.3. The van der Waals surface area contributed by atoms with Gasteiger partial charge in [-0.05, 0) is 24.5 Å². The van der Waals surface area contributed by atoms with Crippen molar-refractivity contribution in [1.29, 1.82) is 0 Å². The van der Waals surface area contributed by atoms with Crippen LogP contribution in [0.2, 0.25) is 0 Å². The van der Waals surface area contributed by atoms with Gasteiger partial charge >= 0.3 is 0 Å². The summed E-state index contributed by atoms with van der Waals surface area (Å²) in [7, 11) is 0. The first kappa shape index (κ1) is 30.5. The molecule has 4 rings (SSSR count). The smallest absolute Gasteiger partial charge is 0.280 e. The van der Waals surface area contributed by atoms with E-state index in [9.17, 15) is 22.4 Å². The van der Waals surface area contributed by atoms with Crippen LogP contribution in [-0.2, 0) is 11.5 Å². The Morgan fingerprint density at radius 2 is 1.92 bits per heavy atom. The highest BCUT2D eigenvalue weighted by molar-refractivity contribution is 6.10. The fraction of sp³-hybridized carbons (Fsp3) is 0.360. The predicted octanol–water partition coefficient (Wildman–Crippen LogP) is 5.99. The van der Waals surface area contributed by atoms with Crippen molar-refractivity contribution in [2.24, 2.45) is 11.7 Å². The summed E-state index contributed by atoms with van der Waals surface area (Å²) in [5.74, 6) is -7.00. The Morgan fingerprint density at radius 1 is 1.22 bits per heavy atom. The molecule has 1 aliphatic carbocycles. The van der Waals surface area contributed by atoms with E-state index in [-0.39, 0.29) is 48.2 Å². The van der Waals surface area contributed by atoms with E-state index in [4.69, 9.17) is 5.73 Å². The molecule has 3 N–H and O–H groups in total. The normalized spacial score (nSPS) is 20.9. The number of anilines is 2. The van der Waals surface area contributed by atoms with Crippen LogP contribution in [0.25, 0.3) is 5.57 Å². The number of allylic oxidation sites excluding steroid dienone is 2. The summed E-state index contributed by atoms with van der Waals surface area (Å²) in [5.41, 5.74) is 4.45. The van der Waals surface area contributed by atoms with E-state index < -0.39 is 53.3 Å². The molecular formula is C25H27Cl2F5N4O. The molecule has 2 aromatic rings. The zero-order chi connectivity index (χ0) is 25.3. The highest BCUT2D eigenvalue weighted by atomic mass is 35.5. The molecule has 0 unspecified atom stereocenters. The monoisotopic (exact) mass is 564 g/mol. The number of pyridine rings is 1. The van der Waals surface area contributed by atoms with E-state index in [2.05, 4.69) is 10.3 Å². The number of halogens is 7. The van der Waals surface area contributed by atoms with Gasteiger partial charge in [0.25, 0.3) is 11.8 Å². The lowest BCUT2D eigenvalue weighted by molar-refractivity contribution is -0.112. The number of hydrogen-bond acceptors (Lipinski definition) is 4. The first-order valence-electron chi connectivity index (χ1n) is 11.2. The van der Waals surface area contributed by atoms with Crippen molar-refractivity contribution in [3.8, 4) is 0 Å². The molecule has 1 aromatic carbocycles. The summed E-state index contributed by atoms with van der Waals surface area (Å²) in [6, 6.07) is 5.92. The Balaban J connectivity index is 0.00000241. The number of amides is 1. The number of hydrogen-bond donors (Lipinski definition) is 2. The number of carbonyl (C=O) groups is 1. The van der Waals surface area contributed by atoms with Gasteiger partial charge in [0.2, 0.25) is 0 Å². The zero-order valence-corrected chi connectivity index (χ0v) is 21.5. The van der Waals surface area contributed by atoms with Crippen LogP contribution < -0.4 is 16.0 Å². The number of aromatic nitrogens is 1.